The van der Waals surface area contributed by atoms with Gasteiger partial charge in [0.15, 0.2) is 0 Å². The molecule has 4 rings (SSSR count). The van der Waals surface area contributed by atoms with E-state index in [1.807, 2.05) is 32.0 Å². The van der Waals surface area contributed by atoms with Gasteiger partial charge in [0.2, 0.25) is 0 Å². The van der Waals surface area contributed by atoms with Crippen molar-refractivity contribution in [3.8, 4) is 0 Å². The van der Waals surface area contributed by atoms with Gasteiger partial charge in [-0.1, -0.05) is 63.2 Å². The molecule has 35 heavy (non-hydrogen) atoms. The monoisotopic (exact) mass is 501 g/mol. The van der Waals surface area contributed by atoms with E-state index in [-0.39, 0.29) is 12.1 Å². The van der Waals surface area contributed by atoms with Gasteiger partial charge >= 0.3 is 0 Å². The summed E-state index contributed by atoms with van der Waals surface area (Å²) in [7, 11) is 0. The highest BCUT2D eigenvalue weighted by Crippen LogP contribution is 2.30. The molecule has 2 unspecified atom stereocenters. The van der Waals surface area contributed by atoms with Crippen LogP contribution in [0.4, 0.5) is 14.5 Å². The average Bonchev–Trinajstić information content (AvgIpc) is 3.37. The third kappa shape index (κ3) is 7.12. The predicted octanol–water partition coefficient (Wildman–Crippen LogP) is 6.51. The highest BCUT2D eigenvalue weighted by molar-refractivity contribution is 7.98. The van der Waals surface area contributed by atoms with Gasteiger partial charge in [-0.15, -0.1) is 0 Å². The number of piperazine rings is 1. The molecule has 0 amide bonds. The Labute approximate surface area is 213 Å². The third-order valence-electron chi connectivity index (χ3n) is 6.20. The first-order chi connectivity index (χ1) is 16.9. The minimum atomic E-state index is -2.55. The summed E-state index contributed by atoms with van der Waals surface area (Å²) < 4.78 is 30.5. The molecule has 2 aromatic carbocycles. The molecule has 0 aliphatic carbocycles. The van der Waals surface area contributed by atoms with E-state index in [2.05, 4.69) is 80.9 Å². The molecule has 5 nitrogen and oxygen atoms in total. The Morgan fingerprint density at radius 3 is 2.14 bits per heavy atom. The van der Waals surface area contributed by atoms with E-state index < -0.39 is 6.43 Å². The van der Waals surface area contributed by atoms with Gasteiger partial charge in [0, 0.05) is 49.4 Å². The number of para-hydroxylation sites is 1. The van der Waals surface area contributed by atoms with Crippen LogP contribution in [0.5, 0.6) is 0 Å². The maximum atomic E-state index is 12.9. The fourth-order valence-corrected chi connectivity index (χ4v) is 5.78. The molecule has 0 bridgehead atoms. The van der Waals surface area contributed by atoms with Crippen LogP contribution in [0.2, 0.25) is 0 Å². The molecule has 2 aliphatic rings. The summed E-state index contributed by atoms with van der Waals surface area (Å²) in [5.74, 6) is 0. The Bertz CT molecular complexity index is 969. The van der Waals surface area contributed by atoms with Crippen LogP contribution >= 0.6 is 12.1 Å². The highest BCUT2D eigenvalue weighted by atomic mass is 32.2. The Morgan fingerprint density at radius 1 is 0.971 bits per heavy atom. The lowest BCUT2D eigenvalue weighted by molar-refractivity contribution is 0.0878. The lowest BCUT2D eigenvalue weighted by atomic mass is 10.0. The number of halogens is 2. The van der Waals surface area contributed by atoms with Gasteiger partial charge < -0.3 is 0 Å². The van der Waals surface area contributed by atoms with E-state index in [1.54, 1.807) is 12.1 Å². The topological polar surface area (TPSA) is 34.4 Å². The number of hydrogen-bond donors (Lipinski definition) is 0. The molecule has 0 radical (unpaired) electrons. The van der Waals surface area contributed by atoms with Crippen molar-refractivity contribution < 1.29 is 8.78 Å². The molecule has 2 aliphatic heterocycles. The second kappa shape index (κ2) is 13.1. The smallest absolute Gasteiger partial charge is 0.278 e. The molecule has 2 atom stereocenters. The van der Waals surface area contributed by atoms with Crippen molar-refractivity contribution in [2.45, 2.75) is 66.1 Å². The van der Waals surface area contributed by atoms with Crippen LogP contribution in [-0.4, -0.2) is 58.8 Å². The van der Waals surface area contributed by atoms with Gasteiger partial charge in [-0.25, -0.2) is 13.1 Å². The molecule has 0 saturated carbocycles. The van der Waals surface area contributed by atoms with Gasteiger partial charge in [-0.2, -0.15) is 10.2 Å². The quantitative estimate of drug-likeness (QED) is 0.386. The van der Waals surface area contributed by atoms with Crippen molar-refractivity contribution in [1.29, 1.82) is 0 Å². The summed E-state index contributed by atoms with van der Waals surface area (Å²) in [6.45, 7) is 14.7. The molecule has 1 fully saturated rings. The molecule has 0 N–H and O–H groups in total. The van der Waals surface area contributed by atoms with Crippen molar-refractivity contribution >= 4 is 29.2 Å². The van der Waals surface area contributed by atoms with Crippen molar-refractivity contribution in [3.05, 3.63) is 65.7 Å². The lowest BCUT2D eigenvalue weighted by Gasteiger charge is -2.44. The first-order valence-corrected chi connectivity index (χ1v) is 13.2. The molecule has 2 aromatic rings. The van der Waals surface area contributed by atoms with Gasteiger partial charge in [0.25, 0.3) is 6.43 Å². The zero-order valence-electron chi connectivity index (χ0n) is 21.4. The Kier molecular flexibility index (Phi) is 10.2. The first kappa shape index (κ1) is 27.3. The normalized spacial score (nSPS) is 20.8. The van der Waals surface area contributed by atoms with Gasteiger partial charge in [0.1, 0.15) is 5.71 Å². The Hall–Kier alpha value is -2.29. The third-order valence-corrected chi connectivity index (χ3v) is 7.27. The fraction of sp³-hybridized carbons (Fsp3) is 0.481. The minimum Gasteiger partial charge on any atom is -0.299 e. The Balaban J connectivity index is 0.00000167. The second-order valence-electron chi connectivity index (χ2n) is 8.64. The summed E-state index contributed by atoms with van der Waals surface area (Å²) in [5, 5.41) is 7.58. The molecule has 2 heterocycles. The van der Waals surface area contributed by atoms with E-state index in [0.29, 0.717) is 17.8 Å². The second-order valence-corrected chi connectivity index (χ2v) is 9.76. The van der Waals surface area contributed by atoms with E-state index >= 15 is 0 Å². The largest absolute Gasteiger partial charge is 0.299 e. The standard InChI is InChI=1S/C25H31F2N5S.C2H6/c1-4-31-18(2)15-30(16-19(31)3)33-32(22-8-6-5-7-9-22)17-20-10-12-21(13-11-20)23-14-24(25(26)27)29-28-23;1-2/h5-13,18-19,25H,4,14-17H2,1-3H3;1-2H3. The molecular formula is C27H37F2N5S. The summed E-state index contributed by atoms with van der Waals surface area (Å²) >= 11 is 1.78. The fourth-order valence-electron chi connectivity index (χ4n) is 4.51. The zero-order valence-corrected chi connectivity index (χ0v) is 22.2. The maximum absolute atomic E-state index is 12.9. The first-order valence-electron chi connectivity index (χ1n) is 12.5. The number of alkyl halides is 2. The van der Waals surface area contributed by atoms with Crippen LogP contribution in [0.3, 0.4) is 0 Å². The number of rotatable bonds is 8. The van der Waals surface area contributed by atoms with Crippen LogP contribution in [0.25, 0.3) is 0 Å². The van der Waals surface area contributed by atoms with Crippen LogP contribution in [-0.2, 0) is 6.54 Å². The number of likely N-dealkylation sites (N-methyl/N-ethyl adjacent to an activating group) is 1. The molecular weight excluding hydrogens is 464 g/mol. The average molecular weight is 502 g/mol. The van der Waals surface area contributed by atoms with Gasteiger partial charge in [0.05, 0.1) is 12.3 Å². The van der Waals surface area contributed by atoms with Gasteiger partial charge in [-0.05, 0) is 43.7 Å². The molecule has 0 spiro atoms. The van der Waals surface area contributed by atoms with Crippen molar-refractivity contribution in [1.82, 2.24) is 9.21 Å². The van der Waals surface area contributed by atoms with E-state index in [1.165, 1.54) is 0 Å². The molecule has 190 valence electrons. The number of hydrogen-bond acceptors (Lipinski definition) is 6. The van der Waals surface area contributed by atoms with E-state index in [9.17, 15) is 8.78 Å². The maximum Gasteiger partial charge on any atom is 0.278 e. The lowest BCUT2D eigenvalue weighted by Crippen LogP contribution is -2.55. The van der Waals surface area contributed by atoms with Crippen LogP contribution < -0.4 is 4.31 Å². The highest BCUT2D eigenvalue weighted by Gasteiger charge is 2.30. The number of nitrogens with zero attached hydrogens (tertiary/aromatic N) is 5. The summed E-state index contributed by atoms with van der Waals surface area (Å²) in [4.78, 5) is 2.55. The Morgan fingerprint density at radius 2 is 1.60 bits per heavy atom. The van der Waals surface area contributed by atoms with E-state index in [0.717, 1.165) is 43.0 Å². The van der Waals surface area contributed by atoms with Crippen molar-refractivity contribution in [2.24, 2.45) is 10.2 Å². The van der Waals surface area contributed by atoms with E-state index in [4.69, 9.17) is 0 Å². The van der Waals surface area contributed by atoms with Crippen LogP contribution in [0, 0.1) is 0 Å². The van der Waals surface area contributed by atoms with Gasteiger partial charge in [-0.3, -0.25) is 9.21 Å². The SMILES string of the molecule is CC.CCN1C(C)CN(SN(Cc2ccc(C3=NN=C(C(F)F)C3)cc2)c2ccccc2)CC1C. The minimum absolute atomic E-state index is 0.114. The summed E-state index contributed by atoms with van der Waals surface area (Å²) in [6, 6.07) is 19.4. The molecule has 0 aromatic heterocycles. The number of anilines is 1. The predicted molar refractivity (Wildman–Crippen MR) is 145 cm³/mol. The van der Waals surface area contributed by atoms with Crippen LogP contribution in [0.15, 0.2) is 64.8 Å². The molecule has 1 saturated heterocycles. The summed E-state index contributed by atoms with van der Waals surface area (Å²) in [5.41, 5.74) is 3.59. The number of benzene rings is 2. The van der Waals surface area contributed by atoms with Crippen molar-refractivity contribution in [2.75, 3.05) is 23.9 Å². The summed E-state index contributed by atoms with van der Waals surface area (Å²) in [6.07, 6.45) is -2.44. The van der Waals surface area contributed by atoms with Crippen molar-refractivity contribution in [3.63, 3.8) is 0 Å². The van der Waals surface area contributed by atoms with Crippen LogP contribution in [0.1, 0.15) is 52.2 Å². The zero-order chi connectivity index (χ0) is 25.4. The molecule has 8 heteroatoms.